The lowest BCUT2D eigenvalue weighted by Crippen LogP contribution is -1.79. The summed E-state index contributed by atoms with van der Waals surface area (Å²) in [5.41, 5.74) is 5.97. The number of nitrogens with zero attached hydrogens (tertiary/aromatic N) is 1. The van der Waals surface area contributed by atoms with Crippen LogP contribution >= 0.6 is 11.3 Å². The number of aromatic nitrogens is 1. The molecular weight excluding hydrogens is 274 g/mol. The van der Waals surface area contributed by atoms with Crippen LogP contribution in [0.15, 0.2) is 53.9 Å². The van der Waals surface area contributed by atoms with Crippen LogP contribution in [0.3, 0.4) is 0 Å². The van der Waals surface area contributed by atoms with Gasteiger partial charge in [-0.2, -0.15) is 0 Å². The van der Waals surface area contributed by atoms with E-state index < -0.39 is 0 Å². The summed E-state index contributed by atoms with van der Waals surface area (Å²) in [6.07, 6.45) is 4.18. The van der Waals surface area contributed by atoms with E-state index in [4.69, 9.17) is 0 Å². The quantitative estimate of drug-likeness (QED) is 0.612. The third kappa shape index (κ3) is 3.47. The molecule has 1 aromatic heterocycles. The molecule has 1 nitrogen and oxygen atoms in total. The molecule has 3 rings (SSSR count). The number of thiazole rings is 1. The Morgan fingerprint density at radius 3 is 2.10 bits per heavy atom. The zero-order chi connectivity index (χ0) is 14.7. The smallest absolute Gasteiger partial charge is 0.116 e. The van der Waals surface area contributed by atoms with Crippen molar-refractivity contribution in [2.75, 3.05) is 0 Å². The van der Waals surface area contributed by atoms with E-state index in [0.29, 0.717) is 0 Å². The third-order valence-corrected chi connectivity index (χ3v) is 4.17. The Hall–Kier alpha value is -2.19. The molecule has 3 aromatic rings. The number of aryl methyl sites for hydroxylation is 2. The van der Waals surface area contributed by atoms with Crippen molar-refractivity contribution in [1.82, 2.24) is 4.98 Å². The monoisotopic (exact) mass is 291 g/mol. The zero-order valence-electron chi connectivity index (χ0n) is 12.2. The highest BCUT2D eigenvalue weighted by molar-refractivity contribution is 7.10. The van der Waals surface area contributed by atoms with Crippen molar-refractivity contribution < 1.29 is 0 Å². The maximum absolute atomic E-state index is 4.67. The summed E-state index contributed by atoms with van der Waals surface area (Å²) in [5.74, 6) is 0. The minimum atomic E-state index is 1.03. The molecule has 0 aliphatic heterocycles. The minimum absolute atomic E-state index is 1.03. The van der Waals surface area contributed by atoms with Gasteiger partial charge in [0.15, 0.2) is 0 Å². The van der Waals surface area contributed by atoms with Gasteiger partial charge in [0.2, 0.25) is 0 Å². The normalized spacial score (nSPS) is 11.1. The Morgan fingerprint density at radius 1 is 0.810 bits per heavy atom. The van der Waals surface area contributed by atoms with E-state index in [0.717, 1.165) is 10.7 Å². The minimum Gasteiger partial charge on any atom is -0.237 e. The van der Waals surface area contributed by atoms with Gasteiger partial charge in [0.1, 0.15) is 5.01 Å². The molecule has 0 saturated heterocycles. The molecule has 0 radical (unpaired) electrons. The summed E-state index contributed by atoms with van der Waals surface area (Å²) in [6.45, 7) is 4.20. The molecule has 0 fully saturated rings. The van der Waals surface area contributed by atoms with Gasteiger partial charge in [-0.25, -0.2) is 4.98 Å². The van der Waals surface area contributed by atoms with E-state index in [1.807, 2.05) is 0 Å². The maximum Gasteiger partial charge on any atom is 0.116 e. The topological polar surface area (TPSA) is 12.9 Å². The second-order valence-corrected chi connectivity index (χ2v) is 6.07. The van der Waals surface area contributed by atoms with E-state index >= 15 is 0 Å². The fourth-order valence-corrected chi connectivity index (χ4v) is 2.78. The first-order valence-electron chi connectivity index (χ1n) is 6.98. The Bertz CT molecular complexity index is 749. The van der Waals surface area contributed by atoms with Crippen LogP contribution in [0.25, 0.3) is 23.4 Å². The van der Waals surface area contributed by atoms with E-state index in [1.54, 1.807) is 11.3 Å². The van der Waals surface area contributed by atoms with Crippen molar-refractivity contribution in [2.45, 2.75) is 13.8 Å². The van der Waals surface area contributed by atoms with Gasteiger partial charge in [0.25, 0.3) is 0 Å². The van der Waals surface area contributed by atoms with E-state index in [9.17, 15) is 0 Å². The predicted molar refractivity (Wildman–Crippen MR) is 92.4 cm³/mol. The van der Waals surface area contributed by atoms with E-state index in [2.05, 4.69) is 84.9 Å². The molecule has 21 heavy (non-hydrogen) atoms. The number of rotatable bonds is 3. The molecule has 0 N–H and O–H groups in total. The zero-order valence-corrected chi connectivity index (χ0v) is 13.0. The molecule has 0 saturated carbocycles. The Labute approximate surface area is 129 Å². The molecule has 0 unspecified atom stereocenters. The highest BCUT2D eigenvalue weighted by atomic mass is 32.1. The summed E-state index contributed by atoms with van der Waals surface area (Å²) in [6, 6.07) is 17.0. The van der Waals surface area contributed by atoms with Gasteiger partial charge in [-0.05, 0) is 25.5 Å². The van der Waals surface area contributed by atoms with E-state index in [1.165, 1.54) is 22.3 Å². The molecule has 2 heteroatoms. The predicted octanol–water partition coefficient (Wildman–Crippen LogP) is 5.60. The van der Waals surface area contributed by atoms with Gasteiger partial charge in [-0.1, -0.05) is 65.7 Å². The van der Waals surface area contributed by atoms with Gasteiger partial charge in [-0.3, -0.25) is 0 Å². The first-order chi connectivity index (χ1) is 10.2. The van der Waals surface area contributed by atoms with Crippen LogP contribution in [-0.4, -0.2) is 4.98 Å². The molecule has 0 amide bonds. The van der Waals surface area contributed by atoms with Crippen molar-refractivity contribution in [3.05, 3.63) is 75.6 Å². The van der Waals surface area contributed by atoms with Gasteiger partial charge in [0.05, 0.1) is 5.69 Å². The summed E-state index contributed by atoms with van der Waals surface area (Å²) < 4.78 is 0. The van der Waals surface area contributed by atoms with Crippen LogP contribution in [0.1, 0.15) is 21.7 Å². The Morgan fingerprint density at radius 2 is 1.43 bits per heavy atom. The first-order valence-corrected chi connectivity index (χ1v) is 7.86. The molecule has 0 spiro atoms. The van der Waals surface area contributed by atoms with Crippen LogP contribution in [-0.2, 0) is 0 Å². The highest BCUT2D eigenvalue weighted by Crippen LogP contribution is 2.23. The van der Waals surface area contributed by atoms with Crippen LogP contribution < -0.4 is 0 Å². The lowest BCUT2D eigenvalue weighted by Gasteiger charge is -1.96. The average molecular weight is 291 g/mol. The van der Waals surface area contributed by atoms with Crippen LogP contribution in [0.4, 0.5) is 0 Å². The van der Waals surface area contributed by atoms with Gasteiger partial charge in [-0.15, -0.1) is 11.3 Å². The molecule has 0 aliphatic carbocycles. The summed E-state index contributed by atoms with van der Waals surface area (Å²) >= 11 is 1.67. The lowest BCUT2D eigenvalue weighted by molar-refractivity contribution is 1.37. The molecule has 0 aliphatic rings. The third-order valence-electron chi connectivity index (χ3n) is 3.36. The van der Waals surface area contributed by atoms with Gasteiger partial charge < -0.3 is 0 Å². The fourth-order valence-electron chi connectivity index (χ4n) is 2.07. The van der Waals surface area contributed by atoms with Crippen molar-refractivity contribution in [1.29, 1.82) is 0 Å². The average Bonchev–Trinajstić information content (AvgIpc) is 2.96. The first kappa shape index (κ1) is 13.8. The second-order valence-electron chi connectivity index (χ2n) is 5.18. The van der Waals surface area contributed by atoms with Crippen molar-refractivity contribution >= 4 is 23.5 Å². The molecule has 0 bridgehead atoms. The molecule has 104 valence electrons. The molecule has 0 atom stereocenters. The number of hydrogen-bond acceptors (Lipinski definition) is 2. The van der Waals surface area contributed by atoms with Gasteiger partial charge in [0, 0.05) is 10.9 Å². The SMILES string of the molecule is Cc1ccc(/C=C/c2nc(-c3ccc(C)cc3)cs2)cc1. The summed E-state index contributed by atoms with van der Waals surface area (Å²) in [5, 5.41) is 3.14. The second kappa shape index (κ2) is 6.06. The van der Waals surface area contributed by atoms with Gasteiger partial charge >= 0.3 is 0 Å². The number of hydrogen-bond donors (Lipinski definition) is 0. The summed E-state index contributed by atoms with van der Waals surface area (Å²) in [4.78, 5) is 4.67. The maximum atomic E-state index is 4.67. The van der Waals surface area contributed by atoms with Crippen molar-refractivity contribution in [3.8, 4) is 11.3 Å². The number of benzene rings is 2. The largest absolute Gasteiger partial charge is 0.237 e. The van der Waals surface area contributed by atoms with Crippen LogP contribution in [0.2, 0.25) is 0 Å². The molecule has 1 heterocycles. The van der Waals surface area contributed by atoms with Crippen LogP contribution in [0, 0.1) is 13.8 Å². The summed E-state index contributed by atoms with van der Waals surface area (Å²) in [7, 11) is 0. The fraction of sp³-hybridized carbons (Fsp3) is 0.105. The highest BCUT2D eigenvalue weighted by Gasteiger charge is 2.02. The van der Waals surface area contributed by atoms with Crippen molar-refractivity contribution in [3.63, 3.8) is 0 Å². The van der Waals surface area contributed by atoms with E-state index in [-0.39, 0.29) is 0 Å². The molecule has 2 aromatic carbocycles. The van der Waals surface area contributed by atoms with Crippen molar-refractivity contribution in [2.24, 2.45) is 0 Å². The molecular formula is C19H17NS. The van der Waals surface area contributed by atoms with Crippen LogP contribution in [0.5, 0.6) is 0 Å². The Balaban J connectivity index is 1.78. The lowest BCUT2D eigenvalue weighted by atomic mass is 10.1. The standard InChI is InChI=1S/C19H17NS/c1-14-3-7-16(8-4-14)9-12-19-20-18(13-21-19)17-10-5-15(2)6-11-17/h3-13H,1-2H3/b12-9+. The Kier molecular flexibility index (Phi) is 3.98.